The summed E-state index contributed by atoms with van der Waals surface area (Å²) in [5.74, 6) is 0.0506. The van der Waals surface area contributed by atoms with E-state index in [1.54, 1.807) is 18.2 Å². The van der Waals surface area contributed by atoms with Gasteiger partial charge in [0, 0.05) is 38.3 Å². The number of hydrogen-bond donors (Lipinski definition) is 1. The maximum Gasteiger partial charge on any atom is 0.237 e. The molecule has 2 aromatic rings. The second kappa shape index (κ2) is 11.6. The molecule has 182 valence electrons. The fraction of sp³-hybridized carbons (Fsp3) is 0.500. The molecule has 1 N–H and O–H groups in total. The number of nitrogens with zero attached hydrogens (tertiary/aromatic N) is 2. The third-order valence-electron chi connectivity index (χ3n) is 7.45. The predicted molar refractivity (Wildman–Crippen MR) is 132 cm³/mol. The molecule has 6 heteroatoms. The lowest BCUT2D eigenvalue weighted by atomic mass is 9.93. The van der Waals surface area contributed by atoms with Gasteiger partial charge in [-0.05, 0) is 36.8 Å². The zero-order chi connectivity index (χ0) is 23.9. The van der Waals surface area contributed by atoms with E-state index in [0.717, 1.165) is 37.7 Å². The summed E-state index contributed by atoms with van der Waals surface area (Å²) in [7, 11) is 0. The lowest BCUT2D eigenvalue weighted by Crippen LogP contribution is -2.58. The van der Waals surface area contributed by atoms with Crippen LogP contribution in [0.4, 0.5) is 4.39 Å². The fourth-order valence-electron chi connectivity index (χ4n) is 5.56. The summed E-state index contributed by atoms with van der Waals surface area (Å²) in [6.45, 7) is 4.89. The molecule has 0 unspecified atom stereocenters. The standard InChI is InChI=1S/C28H36FN3O2/c1-2-24(21-10-4-3-5-11-21)28(34)32-18-16-31(17-19-32)26(22-12-6-7-13-22)27(33)30-20-23-14-8-9-15-25(23)29/h3-5,8-11,14-15,22,24,26H,2,6-7,12-13,16-20H2,1H3,(H,30,33)/t24-,26-/m1/s1. The van der Waals surface area contributed by atoms with E-state index in [4.69, 9.17) is 0 Å². The highest BCUT2D eigenvalue weighted by Crippen LogP contribution is 2.31. The molecule has 4 rings (SSSR count). The maximum atomic E-state index is 14.0. The molecule has 34 heavy (non-hydrogen) atoms. The van der Waals surface area contributed by atoms with Crippen molar-refractivity contribution in [2.24, 2.45) is 5.92 Å². The van der Waals surface area contributed by atoms with Crippen LogP contribution in [0.1, 0.15) is 56.1 Å². The maximum absolute atomic E-state index is 14.0. The number of benzene rings is 2. The van der Waals surface area contributed by atoms with E-state index in [1.807, 2.05) is 35.2 Å². The summed E-state index contributed by atoms with van der Waals surface area (Å²) in [5, 5.41) is 3.00. The summed E-state index contributed by atoms with van der Waals surface area (Å²) in [5.41, 5.74) is 1.57. The topological polar surface area (TPSA) is 52.7 Å². The fourth-order valence-corrected chi connectivity index (χ4v) is 5.56. The molecular weight excluding hydrogens is 429 g/mol. The molecule has 0 bridgehead atoms. The molecular formula is C28H36FN3O2. The molecule has 2 amide bonds. The van der Waals surface area contributed by atoms with Gasteiger partial charge in [0.15, 0.2) is 0 Å². The molecule has 2 fully saturated rings. The van der Waals surface area contributed by atoms with Crippen molar-refractivity contribution in [1.29, 1.82) is 0 Å². The molecule has 2 aromatic carbocycles. The molecule has 1 aliphatic carbocycles. The van der Waals surface area contributed by atoms with Crippen LogP contribution >= 0.6 is 0 Å². The molecule has 0 radical (unpaired) electrons. The van der Waals surface area contributed by atoms with Gasteiger partial charge in [-0.25, -0.2) is 4.39 Å². The van der Waals surface area contributed by atoms with Crippen LogP contribution in [0, 0.1) is 11.7 Å². The van der Waals surface area contributed by atoms with Gasteiger partial charge >= 0.3 is 0 Å². The Morgan fingerprint density at radius 2 is 1.62 bits per heavy atom. The highest BCUT2D eigenvalue weighted by molar-refractivity contribution is 5.84. The Morgan fingerprint density at radius 1 is 0.971 bits per heavy atom. The van der Waals surface area contributed by atoms with Gasteiger partial charge in [-0.15, -0.1) is 0 Å². The van der Waals surface area contributed by atoms with Crippen LogP contribution in [0.15, 0.2) is 54.6 Å². The van der Waals surface area contributed by atoms with Crippen molar-refractivity contribution in [3.8, 4) is 0 Å². The second-order valence-electron chi connectivity index (χ2n) is 9.53. The van der Waals surface area contributed by atoms with Crippen molar-refractivity contribution in [2.45, 2.75) is 57.5 Å². The molecule has 0 spiro atoms. The number of nitrogens with one attached hydrogen (secondary N) is 1. The first-order valence-electron chi connectivity index (χ1n) is 12.7. The van der Waals surface area contributed by atoms with Crippen molar-refractivity contribution in [2.75, 3.05) is 26.2 Å². The smallest absolute Gasteiger partial charge is 0.237 e. The zero-order valence-corrected chi connectivity index (χ0v) is 20.1. The van der Waals surface area contributed by atoms with Gasteiger partial charge in [-0.1, -0.05) is 68.3 Å². The Balaban J connectivity index is 1.39. The minimum atomic E-state index is -0.295. The van der Waals surface area contributed by atoms with Crippen molar-refractivity contribution in [3.05, 3.63) is 71.5 Å². The molecule has 5 nitrogen and oxygen atoms in total. The summed E-state index contributed by atoms with van der Waals surface area (Å²) < 4.78 is 14.0. The Hall–Kier alpha value is -2.73. The third-order valence-corrected chi connectivity index (χ3v) is 7.45. The first-order chi connectivity index (χ1) is 16.6. The van der Waals surface area contributed by atoms with E-state index < -0.39 is 0 Å². The van der Waals surface area contributed by atoms with Gasteiger partial charge < -0.3 is 10.2 Å². The molecule has 1 aliphatic heterocycles. The van der Waals surface area contributed by atoms with Crippen LogP contribution in [0.3, 0.4) is 0 Å². The number of carbonyl (C=O) groups is 2. The molecule has 1 saturated carbocycles. The van der Waals surface area contributed by atoms with Crippen molar-refractivity contribution in [1.82, 2.24) is 15.1 Å². The monoisotopic (exact) mass is 465 g/mol. The van der Waals surface area contributed by atoms with Gasteiger partial charge in [0.1, 0.15) is 5.82 Å². The minimum Gasteiger partial charge on any atom is -0.351 e. The Morgan fingerprint density at radius 3 is 2.26 bits per heavy atom. The average molecular weight is 466 g/mol. The summed E-state index contributed by atoms with van der Waals surface area (Å²) in [6, 6.07) is 16.3. The molecule has 2 atom stereocenters. The van der Waals surface area contributed by atoms with E-state index in [0.29, 0.717) is 37.7 Å². The van der Waals surface area contributed by atoms with Crippen LogP contribution in [0.5, 0.6) is 0 Å². The first-order valence-corrected chi connectivity index (χ1v) is 12.7. The van der Waals surface area contributed by atoms with Crippen LogP contribution < -0.4 is 5.32 Å². The Kier molecular flexibility index (Phi) is 8.33. The Bertz CT molecular complexity index is 953. The zero-order valence-electron chi connectivity index (χ0n) is 20.1. The molecule has 1 saturated heterocycles. The second-order valence-corrected chi connectivity index (χ2v) is 9.53. The molecule has 0 aromatic heterocycles. The number of piperazine rings is 1. The van der Waals surface area contributed by atoms with Gasteiger partial charge in [-0.3, -0.25) is 14.5 Å². The number of hydrogen-bond acceptors (Lipinski definition) is 3. The average Bonchev–Trinajstić information content (AvgIpc) is 3.39. The SMILES string of the molecule is CC[C@@H](C(=O)N1CCN([C@@H](C(=O)NCc2ccccc2F)C2CCCC2)CC1)c1ccccc1. The van der Waals surface area contributed by atoms with E-state index in [2.05, 4.69) is 17.1 Å². The van der Waals surface area contributed by atoms with E-state index in [9.17, 15) is 14.0 Å². The Labute approximate surface area is 202 Å². The summed E-state index contributed by atoms with van der Waals surface area (Å²) in [4.78, 5) is 30.8. The summed E-state index contributed by atoms with van der Waals surface area (Å²) in [6.07, 6.45) is 5.16. The highest BCUT2D eigenvalue weighted by Gasteiger charge is 2.38. The molecule has 2 aliphatic rings. The van der Waals surface area contributed by atoms with E-state index >= 15 is 0 Å². The van der Waals surface area contributed by atoms with Crippen LogP contribution in [-0.4, -0.2) is 53.8 Å². The van der Waals surface area contributed by atoms with Crippen molar-refractivity contribution < 1.29 is 14.0 Å². The lowest BCUT2D eigenvalue weighted by Gasteiger charge is -2.41. The minimum absolute atomic E-state index is 0.0225. The third kappa shape index (κ3) is 5.66. The number of carbonyl (C=O) groups excluding carboxylic acids is 2. The summed E-state index contributed by atoms with van der Waals surface area (Å²) >= 11 is 0. The number of amides is 2. The van der Waals surface area contributed by atoms with Crippen LogP contribution in [0.25, 0.3) is 0 Å². The predicted octanol–water partition coefficient (Wildman–Crippen LogP) is 4.34. The quantitative estimate of drug-likeness (QED) is 0.631. The van der Waals surface area contributed by atoms with Crippen molar-refractivity contribution >= 4 is 11.8 Å². The van der Waals surface area contributed by atoms with Gasteiger partial charge in [0.25, 0.3) is 0 Å². The van der Waals surface area contributed by atoms with Crippen LogP contribution in [-0.2, 0) is 16.1 Å². The molecule has 1 heterocycles. The van der Waals surface area contributed by atoms with Crippen LogP contribution in [0.2, 0.25) is 0 Å². The normalized spacial score (nSPS) is 19.1. The number of rotatable bonds is 8. The van der Waals surface area contributed by atoms with E-state index in [1.165, 1.54) is 6.07 Å². The lowest BCUT2D eigenvalue weighted by molar-refractivity contribution is -0.136. The van der Waals surface area contributed by atoms with E-state index in [-0.39, 0.29) is 36.1 Å². The highest BCUT2D eigenvalue weighted by atomic mass is 19.1. The van der Waals surface area contributed by atoms with Gasteiger partial charge in [-0.2, -0.15) is 0 Å². The first kappa shape index (κ1) is 24.4. The van der Waals surface area contributed by atoms with Gasteiger partial charge in [0.2, 0.25) is 11.8 Å². The van der Waals surface area contributed by atoms with Gasteiger partial charge in [0.05, 0.1) is 12.0 Å². The van der Waals surface area contributed by atoms with Crippen molar-refractivity contribution in [3.63, 3.8) is 0 Å². The number of halogens is 1. The largest absolute Gasteiger partial charge is 0.351 e.